The van der Waals surface area contributed by atoms with Crippen LogP contribution in [0.1, 0.15) is 41.1 Å². The molecule has 1 aliphatic heterocycles. The lowest BCUT2D eigenvalue weighted by Gasteiger charge is -2.36. The number of aliphatic hydroxyl groups excluding tert-OH is 1. The molecule has 44 heavy (non-hydrogen) atoms. The van der Waals surface area contributed by atoms with Crippen molar-refractivity contribution < 1.29 is 24.1 Å². The third kappa shape index (κ3) is 8.49. The molecule has 0 aromatic heterocycles. The minimum Gasteiger partial charge on any atom is -0.496 e. The molecule has 0 radical (unpaired) electrons. The summed E-state index contributed by atoms with van der Waals surface area (Å²) >= 11 is 18.7. The molecule has 4 aromatic carbocycles. The van der Waals surface area contributed by atoms with Gasteiger partial charge in [-0.25, -0.2) is 0 Å². The van der Waals surface area contributed by atoms with Gasteiger partial charge in [-0.15, -0.1) is 11.8 Å². The highest BCUT2D eigenvalue weighted by Crippen LogP contribution is 2.41. The van der Waals surface area contributed by atoms with Crippen molar-refractivity contribution in [2.24, 2.45) is 0 Å². The quantitative estimate of drug-likeness (QED) is 0.131. The van der Waals surface area contributed by atoms with E-state index in [-0.39, 0.29) is 25.4 Å². The Balaban J connectivity index is 1.32. The summed E-state index contributed by atoms with van der Waals surface area (Å²) in [6.07, 6.45) is -0.127. The summed E-state index contributed by atoms with van der Waals surface area (Å²) in [5.74, 6) is 0.891. The summed E-state index contributed by atoms with van der Waals surface area (Å²) in [6.45, 7) is 0.228. The van der Waals surface area contributed by atoms with Crippen LogP contribution >= 0.6 is 46.6 Å². The van der Waals surface area contributed by atoms with E-state index in [1.54, 1.807) is 18.9 Å². The Morgan fingerprint density at radius 1 is 0.909 bits per heavy atom. The smallest absolute Gasteiger partial charge is 0.272 e. The van der Waals surface area contributed by atoms with E-state index >= 15 is 0 Å². The van der Waals surface area contributed by atoms with Gasteiger partial charge in [-0.3, -0.25) is 4.79 Å². The first-order valence-electron chi connectivity index (χ1n) is 14.0. The van der Waals surface area contributed by atoms with Crippen molar-refractivity contribution in [3.8, 4) is 16.9 Å². The number of thioether (sulfide) groups is 1. The van der Waals surface area contributed by atoms with Gasteiger partial charge in [0.05, 0.1) is 25.9 Å². The third-order valence-electron chi connectivity index (χ3n) is 7.26. The summed E-state index contributed by atoms with van der Waals surface area (Å²) in [5, 5.41) is 12.1. The van der Waals surface area contributed by atoms with Crippen LogP contribution < -0.4 is 10.1 Å². The van der Waals surface area contributed by atoms with E-state index in [9.17, 15) is 9.90 Å². The average Bonchev–Trinajstić information content (AvgIpc) is 3.06. The Morgan fingerprint density at radius 3 is 2.34 bits per heavy atom. The summed E-state index contributed by atoms with van der Waals surface area (Å²) in [5.41, 5.74) is 5.66. The van der Waals surface area contributed by atoms with E-state index in [1.807, 2.05) is 97.1 Å². The molecule has 5 rings (SSSR count). The average molecular weight is 673 g/mol. The number of halogens is 3. The summed E-state index contributed by atoms with van der Waals surface area (Å²) in [4.78, 5) is 13.0. The van der Waals surface area contributed by atoms with Crippen molar-refractivity contribution in [2.75, 3.05) is 12.9 Å². The van der Waals surface area contributed by atoms with Crippen LogP contribution in [-0.4, -0.2) is 33.8 Å². The minimum absolute atomic E-state index is 0.00539. The zero-order valence-electron chi connectivity index (χ0n) is 23.9. The van der Waals surface area contributed by atoms with E-state index in [1.165, 1.54) is 0 Å². The fraction of sp³-hybridized carbons (Fsp3) is 0.265. The number of hydrogen-bond donors (Lipinski definition) is 2. The van der Waals surface area contributed by atoms with Crippen LogP contribution in [0.5, 0.6) is 5.75 Å². The summed E-state index contributed by atoms with van der Waals surface area (Å²) in [6, 6.07) is 31.7. The van der Waals surface area contributed by atoms with E-state index in [0.717, 1.165) is 49.8 Å². The van der Waals surface area contributed by atoms with Crippen molar-refractivity contribution in [1.82, 2.24) is 5.32 Å². The van der Waals surface area contributed by atoms with Gasteiger partial charge >= 0.3 is 0 Å². The second-order valence-electron chi connectivity index (χ2n) is 10.3. The molecule has 1 heterocycles. The molecular formula is C34H32Cl3NO5S. The van der Waals surface area contributed by atoms with E-state index in [0.29, 0.717) is 6.42 Å². The minimum atomic E-state index is -2.01. The van der Waals surface area contributed by atoms with Gasteiger partial charge < -0.3 is 24.6 Å². The number of rotatable bonds is 10. The van der Waals surface area contributed by atoms with Crippen molar-refractivity contribution in [3.05, 3.63) is 119 Å². The van der Waals surface area contributed by atoms with Crippen molar-refractivity contribution in [1.29, 1.82) is 0 Å². The molecule has 2 N–H and O–H groups in total. The zero-order chi connectivity index (χ0) is 31.1. The van der Waals surface area contributed by atoms with Gasteiger partial charge in [-0.2, -0.15) is 0 Å². The standard InChI is InChI=1S/C34H32Cl3NO5S/c1-41-29-7-2-3-8-31(29)44-21-28-18-30(25-11-9-22(20-39)10-12-25)43-32(42-28)26-15-13-24(14-16-26)27-6-4-5-23(17-27)19-38-33(40)34(35,36)37/h2-17,28,30,32,39H,18-21H2,1H3,(H,38,40)/t28-,30+,32+/m1/s1. The number of nitrogens with one attached hydrogen (secondary N) is 1. The van der Waals surface area contributed by atoms with Crippen molar-refractivity contribution in [3.63, 3.8) is 0 Å². The van der Waals surface area contributed by atoms with E-state index in [2.05, 4.69) is 5.32 Å². The number of para-hydroxylation sites is 1. The van der Waals surface area contributed by atoms with Gasteiger partial charge in [0, 0.05) is 29.2 Å². The molecule has 1 saturated heterocycles. The number of alkyl halides is 3. The van der Waals surface area contributed by atoms with Gasteiger partial charge in [0.25, 0.3) is 9.70 Å². The molecule has 0 unspecified atom stereocenters. The number of benzene rings is 4. The predicted molar refractivity (Wildman–Crippen MR) is 176 cm³/mol. The van der Waals surface area contributed by atoms with Crippen LogP contribution in [0.4, 0.5) is 0 Å². The normalized spacial score (nSPS) is 18.5. The summed E-state index contributed by atoms with van der Waals surface area (Å²) < 4.78 is 16.6. The highest BCUT2D eigenvalue weighted by Gasteiger charge is 2.33. The van der Waals surface area contributed by atoms with E-state index < -0.39 is 16.0 Å². The lowest BCUT2D eigenvalue weighted by molar-refractivity contribution is -0.245. The second-order valence-corrected chi connectivity index (χ2v) is 13.7. The van der Waals surface area contributed by atoms with E-state index in [4.69, 9.17) is 49.0 Å². The number of hydrogen-bond acceptors (Lipinski definition) is 6. The molecule has 1 fully saturated rings. The second kappa shape index (κ2) is 15.0. The molecule has 0 spiro atoms. The van der Waals surface area contributed by atoms with Crippen LogP contribution in [0.2, 0.25) is 0 Å². The van der Waals surface area contributed by atoms with Crippen LogP contribution in [0, 0.1) is 0 Å². The lowest BCUT2D eigenvalue weighted by Crippen LogP contribution is -2.33. The SMILES string of the molecule is COc1ccccc1SC[C@H]1C[C@@H](c2ccc(CO)cc2)O[C@@H](c2ccc(-c3cccc(CNC(=O)C(Cl)(Cl)Cl)c3)cc2)O1. The number of amides is 1. The number of ether oxygens (including phenoxy) is 3. The summed E-state index contributed by atoms with van der Waals surface area (Å²) in [7, 11) is 1.68. The molecule has 1 aliphatic rings. The number of methoxy groups -OCH3 is 1. The molecular weight excluding hydrogens is 641 g/mol. The molecule has 0 aliphatic carbocycles. The van der Waals surface area contributed by atoms with Gasteiger partial charge in [0.2, 0.25) is 0 Å². The first-order chi connectivity index (χ1) is 21.2. The highest BCUT2D eigenvalue weighted by molar-refractivity contribution is 7.99. The third-order valence-corrected chi connectivity index (χ3v) is 8.96. The first kappa shape index (κ1) is 32.6. The Morgan fingerprint density at radius 2 is 1.64 bits per heavy atom. The number of carbonyl (C=O) groups excluding carboxylic acids is 1. The van der Waals surface area contributed by atoms with Crippen molar-refractivity contribution in [2.45, 2.75) is 46.8 Å². The highest BCUT2D eigenvalue weighted by atomic mass is 35.6. The molecule has 0 saturated carbocycles. The monoisotopic (exact) mass is 671 g/mol. The molecule has 0 bridgehead atoms. The Hall–Kier alpha value is -2.75. The van der Waals surface area contributed by atoms with Crippen LogP contribution in [-0.2, 0) is 27.4 Å². The Labute approximate surface area is 276 Å². The lowest BCUT2D eigenvalue weighted by atomic mass is 9.99. The molecule has 230 valence electrons. The van der Waals surface area contributed by atoms with Gasteiger partial charge in [0.15, 0.2) is 6.29 Å². The number of carbonyl (C=O) groups is 1. The van der Waals surface area contributed by atoms with Crippen LogP contribution in [0.15, 0.2) is 102 Å². The molecule has 3 atom stereocenters. The largest absolute Gasteiger partial charge is 0.496 e. The predicted octanol–water partition coefficient (Wildman–Crippen LogP) is 8.18. The fourth-order valence-corrected chi connectivity index (χ4v) is 6.17. The maximum Gasteiger partial charge on any atom is 0.272 e. The van der Waals surface area contributed by atoms with Gasteiger partial charge in [0.1, 0.15) is 5.75 Å². The van der Waals surface area contributed by atoms with Crippen LogP contribution in [0.3, 0.4) is 0 Å². The topological polar surface area (TPSA) is 77.0 Å². The molecule has 6 nitrogen and oxygen atoms in total. The first-order valence-corrected chi connectivity index (χ1v) is 16.2. The Kier molecular flexibility index (Phi) is 11.1. The maximum absolute atomic E-state index is 11.9. The van der Waals surface area contributed by atoms with Gasteiger partial charge in [-0.05, 0) is 46.0 Å². The molecule has 4 aromatic rings. The van der Waals surface area contributed by atoms with Crippen molar-refractivity contribution >= 4 is 52.5 Å². The Bertz CT molecular complexity index is 1550. The van der Waals surface area contributed by atoms with Gasteiger partial charge in [-0.1, -0.05) is 114 Å². The fourth-order valence-electron chi connectivity index (χ4n) is 4.92. The maximum atomic E-state index is 11.9. The number of aliphatic hydroxyl groups is 1. The zero-order valence-corrected chi connectivity index (χ0v) is 27.0. The van der Waals surface area contributed by atoms with Crippen LogP contribution in [0.25, 0.3) is 11.1 Å². The molecule has 1 amide bonds. The molecule has 10 heteroatoms.